The van der Waals surface area contributed by atoms with E-state index in [-0.39, 0.29) is 6.04 Å². The quantitative estimate of drug-likeness (QED) is 0.909. The normalized spacial score (nSPS) is 31.9. The van der Waals surface area contributed by atoms with Crippen LogP contribution in [0.1, 0.15) is 45.7 Å². The molecule has 106 valence electrons. The summed E-state index contributed by atoms with van der Waals surface area (Å²) in [6.45, 7) is 10.3. The third-order valence-electron chi connectivity index (χ3n) is 4.55. The van der Waals surface area contributed by atoms with Gasteiger partial charge in [0.05, 0.1) is 6.04 Å². The summed E-state index contributed by atoms with van der Waals surface area (Å²) >= 11 is 0. The predicted molar refractivity (Wildman–Crippen MR) is 79.7 cm³/mol. The molecule has 0 amide bonds. The maximum Gasteiger partial charge on any atom is 0.0500 e. The highest BCUT2D eigenvalue weighted by molar-refractivity contribution is 5.18. The first kappa shape index (κ1) is 14.5. The molecule has 0 aromatic carbocycles. The summed E-state index contributed by atoms with van der Waals surface area (Å²) in [6.07, 6.45) is 5.05. The first-order chi connectivity index (χ1) is 9.00. The van der Waals surface area contributed by atoms with Crippen LogP contribution in [0.2, 0.25) is 0 Å². The molecule has 1 aliphatic heterocycles. The lowest BCUT2D eigenvalue weighted by Gasteiger charge is -2.46. The number of likely N-dealkylation sites (tertiary alicyclic amines) is 1. The fourth-order valence-corrected chi connectivity index (χ4v) is 3.48. The molecular weight excluding hydrogens is 234 g/mol. The van der Waals surface area contributed by atoms with Crippen LogP contribution < -0.4 is 5.73 Å². The van der Waals surface area contributed by atoms with E-state index in [0.29, 0.717) is 12.1 Å². The van der Waals surface area contributed by atoms with Crippen molar-refractivity contribution in [2.24, 2.45) is 17.6 Å². The van der Waals surface area contributed by atoms with E-state index >= 15 is 0 Å². The Balaban J connectivity index is 2.28. The smallest absolute Gasteiger partial charge is 0.0500 e. The maximum atomic E-state index is 6.29. The van der Waals surface area contributed by atoms with Gasteiger partial charge in [-0.15, -0.1) is 0 Å². The minimum absolute atomic E-state index is 0.127. The van der Waals surface area contributed by atoms with Crippen molar-refractivity contribution in [1.29, 1.82) is 0 Å². The maximum absolute atomic E-state index is 6.29. The summed E-state index contributed by atoms with van der Waals surface area (Å²) in [5, 5.41) is 0. The van der Waals surface area contributed by atoms with E-state index in [9.17, 15) is 0 Å². The minimum Gasteiger partial charge on any atom is -0.326 e. The van der Waals surface area contributed by atoms with Crippen molar-refractivity contribution < 1.29 is 0 Å². The zero-order chi connectivity index (χ0) is 14.0. The van der Waals surface area contributed by atoms with Gasteiger partial charge < -0.3 is 5.73 Å². The van der Waals surface area contributed by atoms with Crippen LogP contribution in [0.15, 0.2) is 24.5 Å². The van der Waals surface area contributed by atoms with Crippen molar-refractivity contribution in [3.8, 4) is 0 Å². The Kier molecular flexibility index (Phi) is 4.58. The molecule has 19 heavy (non-hydrogen) atoms. The summed E-state index contributed by atoms with van der Waals surface area (Å²) in [4.78, 5) is 6.72. The number of rotatable bonds is 3. The third kappa shape index (κ3) is 3.15. The van der Waals surface area contributed by atoms with Crippen molar-refractivity contribution >= 4 is 0 Å². The highest BCUT2D eigenvalue weighted by Gasteiger charge is 2.35. The van der Waals surface area contributed by atoms with Crippen LogP contribution in [0, 0.1) is 11.8 Å². The van der Waals surface area contributed by atoms with Crippen LogP contribution in [0.25, 0.3) is 0 Å². The molecule has 1 fully saturated rings. The fraction of sp³-hybridized carbons (Fsp3) is 0.688. The minimum atomic E-state index is 0.127. The van der Waals surface area contributed by atoms with Gasteiger partial charge in [-0.2, -0.15) is 0 Å². The van der Waals surface area contributed by atoms with E-state index in [1.807, 2.05) is 12.4 Å². The molecule has 2 heterocycles. The van der Waals surface area contributed by atoms with Gasteiger partial charge in [-0.3, -0.25) is 9.88 Å². The lowest BCUT2D eigenvalue weighted by molar-refractivity contribution is 0.0314. The topological polar surface area (TPSA) is 42.2 Å². The number of nitrogens with two attached hydrogens (primary N) is 1. The molecule has 5 unspecified atom stereocenters. The number of hydrogen-bond donors (Lipinski definition) is 1. The van der Waals surface area contributed by atoms with Crippen LogP contribution in [0.3, 0.4) is 0 Å². The molecule has 2 rings (SSSR count). The average Bonchev–Trinajstić information content (AvgIpc) is 2.36. The van der Waals surface area contributed by atoms with Gasteiger partial charge >= 0.3 is 0 Å². The zero-order valence-corrected chi connectivity index (χ0v) is 12.6. The molecule has 0 saturated carbocycles. The van der Waals surface area contributed by atoms with E-state index in [1.165, 1.54) is 12.0 Å². The molecule has 1 aliphatic rings. The Morgan fingerprint density at radius 3 is 2.47 bits per heavy atom. The van der Waals surface area contributed by atoms with E-state index in [0.717, 1.165) is 18.4 Å². The molecule has 0 bridgehead atoms. The van der Waals surface area contributed by atoms with Crippen LogP contribution in [0.5, 0.6) is 0 Å². The number of pyridine rings is 1. The molecule has 0 radical (unpaired) electrons. The SMILES string of the molecule is CC1CC(C)C(C)N(C(c2ccncc2)C(C)N)C1. The third-order valence-corrected chi connectivity index (χ3v) is 4.55. The lowest BCUT2D eigenvalue weighted by Crippen LogP contribution is -2.51. The largest absolute Gasteiger partial charge is 0.326 e. The fourth-order valence-electron chi connectivity index (χ4n) is 3.48. The second-order valence-electron chi connectivity index (χ2n) is 6.34. The van der Waals surface area contributed by atoms with E-state index in [4.69, 9.17) is 5.73 Å². The Labute approximate surface area is 117 Å². The van der Waals surface area contributed by atoms with Crippen LogP contribution in [-0.2, 0) is 0 Å². The van der Waals surface area contributed by atoms with Gasteiger partial charge in [0.25, 0.3) is 0 Å². The van der Waals surface area contributed by atoms with Gasteiger partial charge in [-0.05, 0) is 49.8 Å². The second-order valence-corrected chi connectivity index (χ2v) is 6.34. The van der Waals surface area contributed by atoms with E-state index in [1.54, 1.807) is 0 Å². The van der Waals surface area contributed by atoms with Gasteiger partial charge in [-0.1, -0.05) is 13.8 Å². The zero-order valence-electron chi connectivity index (χ0n) is 12.6. The van der Waals surface area contributed by atoms with Crippen molar-refractivity contribution in [3.05, 3.63) is 30.1 Å². The molecule has 1 aromatic heterocycles. The summed E-state index contributed by atoms with van der Waals surface area (Å²) in [5.74, 6) is 1.47. The summed E-state index contributed by atoms with van der Waals surface area (Å²) in [5.41, 5.74) is 7.58. The van der Waals surface area contributed by atoms with E-state index in [2.05, 4.69) is 49.7 Å². The molecule has 1 aromatic rings. The molecule has 2 N–H and O–H groups in total. The van der Waals surface area contributed by atoms with E-state index < -0.39 is 0 Å². The molecule has 3 nitrogen and oxygen atoms in total. The highest BCUT2D eigenvalue weighted by atomic mass is 15.2. The number of aromatic nitrogens is 1. The lowest BCUT2D eigenvalue weighted by atomic mass is 9.83. The van der Waals surface area contributed by atoms with Gasteiger partial charge in [0, 0.05) is 31.0 Å². The van der Waals surface area contributed by atoms with Gasteiger partial charge in [0.1, 0.15) is 0 Å². The number of nitrogens with zero attached hydrogens (tertiary/aromatic N) is 2. The molecular formula is C16H27N3. The Morgan fingerprint density at radius 1 is 1.26 bits per heavy atom. The van der Waals surface area contributed by atoms with Crippen molar-refractivity contribution in [2.75, 3.05) is 6.54 Å². The molecule has 0 spiro atoms. The van der Waals surface area contributed by atoms with Gasteiger partial charge in [-0.25, -0.2) is 0 Å². The van der Waals surface area contributed by atoms with Crippen LogP contribution in [-0.4, -0.2) is 28.5 Å². The molecule has 1 saturated heterocycles. The monoisotopic (exact) mass is 261 g/mol. The number of hydrogen-bond acceptors (Lipinski definition) is 3. The van der Waals surface area contributed by atoms with Gasteiger partial charge in [0.15, 0.2) is 0 Å². The molecule has 5 atom stereocenters. The first-order valence-corrected chi connectivity index (χ1v) is 7.42. The standard InChI is InChI=1S/C16H27N3/c1-11-9-12(2)14(4)19(10-11)16(13(3)17)15-5-7-18-8-6-15/h5-8,11-14,16H,9-10,17H2,1-4H3. The van der Waals surface area contributed by atoms with Crippen LogP contribution in [0.4, 0.5) is 0 Å². The van der Waals surface area contributed by atoms with Gasteiger partial charge in [0.2, 0.25) is 0 Å². The Morgan fingerprint density at radius 2 is 1.89 bits per heavy atom. The first-order valence-electron chi connectivity index (χ1n) is 7.42. The Bertz CT molecular complexity index is 390. The van der Waals surface area contributed by atoms with Crippen molar-refractivity contribution in [2.45, 2.75) is 52.2 Å². The van der Waals surface area contributed by atoms with Crippen molar-refractivity contribution in [1.82, 2.24) is 9.88 Å². The predicted octanol–water partition coefficient (Wildman–Crippen LogP) is 2.84. The Hall–Kier alpha value is -0.930. The molecule has 0 aliphatic carbocycles. The molecule has 3 heteroatoms. The summed E-state index contributed by atoms with van der Waals surface area (Å²) in [6, 6.07) is 5.21. The summed E-state index contributed by atoms with van der Waals surface area (Å²) in [7, 11) is 0. The van der Waals surface area contributed by atoms with Crippen molar-refractivity contribution in [3.63, 3.8) is 0 Å². The summed E-state index contributed by atoms with van der Waals surface area (Å²) < 4.78 is 0. The highest BCUT2D eigenvalue weighted by Crippen LogP contribution is 2.34. The number of piperidine rings is 1. The average molecular weight is 261 g/mol. The second kappa shape index (κ2) is 6.02. The van der Waals surface area contributed by atoms with Crippen LogP contribution >= 0.6 is 0 Å².